The summed E-state index contributed by atoms with van der Waals surface area (Å²) in [6, 6.07) is 2.07. The largest absolute Gasteiger partial charge is 0.756 e. The number of nitrogens with one attached hydrogen (secondary N) is 1. The molecule has 10 heteroatoms. The number of aliphatic imine (C=N–C) groups is 1. The fourth-order valence-electron chi connectivity index (χ4n) is 6.25. The Morgan fingerprint density at radius 1 is 1.09 bits per heavy atom. The molecule has 0 saturated heterocycles. The maximum Gasteiger partial charge on any atom is 0.235 e. The van der Waals surface area contributed by atoms with E-state index in [1.165, 1.54) is 37.0 Å². The lowest BCUT2D eigenvalue weighted by molar-refractivity contribution is -0.136. The van der Waals surface area contributed by atoms with Crippen molar-refractivity contribution in [1.82, 2.24) is 10.4 Å². The van der Waals surface area contributed by atoms with Gasteiger partial charge in [-0.3, -0.25) is 14.6 Å². The zero-order valence-corrected chi connectivity index (χ0v) is 28.4. The number of carbonyl (C=O) groups excluding carboxylic acids is 2. The van der Waals surface area contributed by atoms with Crippen LogP contribution >= 0.6 is 11.3 Å². The predicted molar refractivity (Wildman–Crippen MR) is 177 cm³/mol. The molecule has 3 atom stereocenters. The number of hydrogen-bond acceptors (Lipinski definition) is 7. The molecule has 43 heavy (non-hydrogen) atoms. The van der Waals surface area contributed by atoms with Gasteiger partial charge in [0.15, 0.2) is 9.84 Å². The minimum absolute atomic E-state index is 0.255. The van der Waals surface area contributed by atoms with E-state index in [0.29, 0.717) is 42.7 Å². The van der Waals surface area contributed by atoms with Crippen LogP contribution in [0.15, 0.2) is 22.5 Å². The minimum atomic E-state index is -3.61. The van der Waals surface area contributed by atoms with Gasteiger partial charge >= 0.3 is 0 Å². The third-order valence-electron chi connectivity index (χ3n) is 9.13. The first-order valence-corrected chi connectivity index (χ1v) is 19.0. The average Bonchev–Trinajstić information content (AvgIpc) is 3.49. The summed E-state index contributed by atoms with van der Waals surface area (Å²) in [5.41, 5.74) is 0. The van der Waals surface area contributed by atoms with Gasteiger partial charge in [-0.1, -0.05) is 70.8 Å². The van der Waals surface area contributed by atoms with Crippen LogP contribution in [0.2, 0.25) is 0 Å². The topological polar surface area (TPSA) is 119 Å². The minimum Gasteiger partial charge on any atom is -0.756 e. The summed E-state index contributed by atoms with van der Waals surface area (Å²) in [5.74, 6) is -1.46. The molecule has 2 amide bonds. The Hall–Kier alpha value is -1.78. The fourth-order valence-corrected chi connectivity index (χ4v) is 8.33. The Balaban J connectivity index is 1.76. The van der Waals surface area contributed by atoms with Crippen LogP contribution in [-0.2, 0) is 25.8 Å². The van der Waals surface area contributed by atoms with E-state index in [0.717, 1.165) is 43.4 Å². The summed E-state index contributed by atoms with van der Waals surface area (Å²) < 4.78 is 25.2. The number of hydroxylamine groups is 2. The van der Waals surface area contributed by atoms with Gasteiger partial charge in [-0.15, -0.1) is 11.3 Å². The van der Waals surface area contributed by atoms with Crippen molar-refractivity contribution in [3.63, 3.8) is 0 Å². The Morgan fingerprint density at radius 3 is 2.28 bits per heavy atom. The number of sulfone groups is 1. The lowest BCUT2D eigenvalue weighted by Crippen LogP contribution is -2.52. The van der Waals surface area contributed by atoms with Crippen LogP contribution in [0.3, 0.4) is 0 Å². The van der Waals surface area contributed by atoms with Gasteiger partial charge in [-0.05, 0) is 76.2 Å². The third-order valence-corrected chi connectivity index (χ3v) is 12.7. The third kappa shape index (κ3) is 11.3. The van der Waals surface area contributed by atoms with Gasteiger partial charge in [0, 0.05) is 17.6 Å². The van der Waals surface area contributed by atoms with Crippen LogP contribution in [-0.4, -0.2) is 60.6 Å². The Bertz CT molecular complexity index is 1120. The molecule has 0 radical (unpaired) electrons. The zero-order chi connectivity index (χ0) is 31.5. The van der Waals surface area contributed by atoms with Gasteiger partial charge in [0.1, 0.15) is 6.04 Å². The van der Waals surface area contributed by atoms with Crippen molar-refractivity contribution in [3.8, 4) is 0 Å². The van der Waals surface area contributed by atoms with E-state index in [4.69, 9.17) is 4.99 Å². The average molecular weight is 637 g/mol. The van der Waals surface area contributed by atoms with E-state index >= 15 is 0 Å². The Kier molecular flexibility index (Phi) is 14.2. The number of hydrogen-bond donors (Lipinski definition) is 1. The summed E-state index contributed by atoms with van der Waals surface area (Å²) in [6.45, 7) is 7.47. The van der Waals surface area contributed by atoms with Crippen molar-refractivity contribution in [2.75, 3.05) is 12.3 Å². The van der Waals surface area contributed by atoms with Crippen LogP contribution in [0.25, 0.3) is 0 Å². The van der Waals surface area contributed by atoms with E-state index < -0.39 is 44.4 Å². The molecule has 3 rings (SSSR count). The Labute approximate surface area is 264 Å². The second kappa shape index (κ2) is 17.1. The lowest BCUT2D eigenvalue weighted by Gasteiger charge is -2.40. The van der Waals surface area contributed by atoms with E-state index in [1.54, 1.807) is 27.0 Å². The SMILES string of the molecule is CCC[C@H](NC(=O)[C@H](Cc1cccs1)CS(=O)(=O)C(C)(C)C)C(=O)N([O-])[C@H](C=NCC1CCCCC1)CC1CCCCC1. The van der Waals surface area contributed by atoms with Crippen molar-refractivity contribution >= 4 is 39.2 Å². The van der Waals surface area contributed by atoms with Gasteiger partial charge in [0.05, 0.1) is 22.5 Å². The molecule has 244 valence electrons. The smallest absolute Gasteiger partial charge is 0.235 e. The molecule has 2 saturated carbocycles. The van der Waals surface area contributed by atoms with Crippen LogP contribution in [0.5, 0.6) is 0 Å². The molecule has 0 aliphatic heterocycles. The molecule has 1 heterocycles. The number of thiophene rings is 1. The number of rotatable bonds is 15. The van der Waals surface area contributed by atoms with Crippen LogP contribution < -0.4 is 5.32 Å². The molecular formula is C33H54N3O5S2-. The standard InChI is InChI=1S/C33H54N3O5S2/c1-5-13-30(35-31(37)27(21-29-18-12-19-42-29)24-43(40,41)33(2,3)4)32(38)36(39)28(20-25-14-8-6-9-15-25)23-34-22-26-16-10-7-11-17-26/h12,18-19,23,25-28,30H,5-11,13-17,20-22,24H2,1-4H3,(H,35,37)/q-1/t27-,28+,30+/m1/s1. The molecule has 1 aromatic heterocycles. The molecule has 0 spiro atoms. The summed E-state index contributed by atoms with van der Waals surface area (Å²) in [5, 5.41) is 19.0. The molecule has 2 aliphatic carbocycles. The first-order chi connectivity index (χ1) is 20.4. The van der Waals surface area contributed by atoms with Crippen molar-refractivity contribution in [3.05, 3.63) is 27.6 Å². The first kappa shape index (κ1) is 35.7. The summed E-state index contributed by atoms with van der Waals surface area (Å²) >= 11 is 1.47. The van der Waals surface area contributed by atoms with Crippen LogP contribution in [0, 0.1) is 23.0 Å². The number of amides is 2. The fraction of sp³-hybridized carbons (Fsp3) is 0.788. The summed E-state index contributed by atoms with van der Waals surface area (Å²) in [7, 11) is -3.61. The molecule has 2 fully saturated rings. The van der Waals surface area contributed by atoms with Crippen molar-refractivity contribution in [2.45, 2.75) is 134 Å². The molecular weight excluding hydrogens is 583 g/mol. The second-order valence-electron chi connectivity index (χ2n) is 13.7. The summed E-state index contributed by atoms with van der Waals surface area (Å²) in [6.07, 6.45) is 15.1. The van der Waals surface area contributed by atoms with Gasteiger partial charge < -0.3 is 15.6 Å². The highest BCUT2D eigenvalue weighted by Crippen LogP contribution is 2.29. The maximum atomic E-state index is 13.7. The predicted octanol–water partition coefficient (Wildman–Crippen LogP) is 6.72. The summed E-state index contributed by atoms with van der Waals surface area (Å²) in [4.78, 5) is 33.0. The quantitative estimate of drug-likeness (QED) is 0.169. The molecule has 1 N–H and O–H groups in total. The highest BCUT2D eigenvalue weighted by molar-refractivity contribution is 7.92. The van der Waals surface area contributed by atoms with Crippen molar-refractivity contribution in [1.29, 1.82) is 0 Å². The number of nitrogens with zero attached hydrogens (tertiary/aromatic N) is 2. The first-order valence-electron chi connectivity index (χ1n) is 16.5. The van der Waals surface area contributed by atoms with E-state index in [-0.39, 0.29) is 12.2 Å². The number of carbonyl (C=O) groups is 2. The highest BCUT2D eigenvalue weighted by atomic mass is 32.2. The zero-order valence-electron chi connectivity index (χ0n) is 26.8. The van der Waals surface area contributed by atoms with Gasteiger partial charge in [-0.25, -0.2) is 8.42 Å². The van der Waals surface area contributed by atoms with E-state index in [1.807, 2.05) is 24.4 Å². The highest BCUT2D eigenvalue weighted by Gasteiger charge is 2.36. The monoisotopic (exact) mass is 636 g/mol. The van der Waals surface area contributed by atoms with Crippen LogP contribution in [0.1, 0.15) is 116 Å². The van der Waals surface area contributed by atoms with Crippen LogP contribution in [0.4, 0.5) is 0 Å². The second-order valence-corrected chi connectivity index (χ2v) is 17.5. The van der Waals surface area contributed by atoms with Gasteiger partial charge in [-0.2, -0.15) is 0 Å². The normalized spacial score (nSPS) is 19.7. The van der Waals surface area contributed by atoms with E-state index in [9.17, 15) is 23.2 Å². The molecule has 8 nitrogen and oxygen atoms in total. The lowest BCUT2D eigenvalue weighted by atomic mass is 9.85. The van der Waals surface area contributed by atoms with Crippen molar-refractivity contribution < 1.29 is 18.0 Å². The van der Waals surface area contributed by atoms with Crippen molar-refractivity contribution in [2.24, 2.45) is 22.7 Å². The molecule has 2 aliphatic rings. The van der Waals surface area contributed by atoms with Gasteiger partial charge in [0.2, 0.25) is 11.8 Å². The maximum absolute atomic E-state index is 13.7. The molecule has 1 aromatic rings. The Morgan fingerprint density at radius 2 is 1.72 bits per heavy atom. The van der Waals surface area contributed by atoms with E-state index in [2.05, 4.69) is 5.32 Å². The van der Waals surface area contributed by atoms with Gasteiger partial charge in [0.25, 0.3) is 0 Å². The molecule has 0 aromatic carbocycles. The molecule has 0 bridgehead atoms. The molecule has 0 unspecified atom stereocenters.